The van der Waals surface area contributed by atoms with Crippen molar-refractivity contribution in [2.75, 3.05) is 12.4 Å². The van der Waals surface area contributed by atoms with E-state index in [9.17, 15) is 19.5 Å². The van der Waals surface area contributed by atoms with Gasteiger partial charge in [0.15, 0.2) is 0 Å². The van der Waals surface area contributed by atoms with Gasteiger partial charge in [-0.25, -0.2) is 0 Å². The lowest BCUT2D eigenvalue weighted by atomic mass is 9.75. The monoisotopic (exact) mass is 449 g/mol. The second-order valence-electron chi connectivity index (χ2n) is 9.26. The lowest BCUT2D eigenvalue weighted by Gasteiger charge is -2.30. The number of nitrogens with zero attached hydrogens (tertiary/aromatic N) is 1. The number of hydrogen-bond acceptors (Lipinski definition) is 6. The molecule has 0 aliphatic carbocycles. The van der Waals surface area contributed by atoms with Crippen LogP contribution in [0.4, 0.5) is 5.69 Å². The summed E-state index contributed by atoms with van der Waals surface area (Å²) < 4.78 is 5.40. The Morgan fingerprint density at radius 3 is 2.58 bits per heavy atom. The molecule has 5 atom stereocenters. The van der Waals surface area contributed by atoms with E-state index in [1.54, 1.807) is 19.1 Å². The number of aryl methyl sites for hydroxylation is 2. The van der Waals surface area contributed by atoms with Crippen molar-refractivity contribution >= 4 is 23.4 Å². The fourth-order valence-electron chi connectivity index (χ4n) is 5.82. The minimum atomic E-state index is -1.42. The number of imide groups is 1. The zero-order valence-electron chi connectivity index (χ0n) is 19.0. The van der Waals surface area contributed by atoms with Crippen molar-refractivity contribution in [3.05, 3.63) is 58.7 Å². The van der Waals surface area contributed by atoms with Crippen LogP contribution in [-0.4, -0.2) is 47.0 Å². The highest BCUT2D eigenvalue weighted by molar-refractivity contribution is 6.15. The third-order valence-corrected chi connectivity index (χ3v) is 7.23. The van der Waals surface area contributed by atoms with Crippen LogP contribution in [0.1, 0.15) is 29.2 Å². The molecule has 3 amide bonds. The summed E-state index contributed by atoms with van der Waals surface area (Å²) in [4.78, 5) is 42.1. The highest BCUT2D eigenvalue weighted by atomic mass is 16.5. The van der Waals surface area contributed by atoms with Gasteiger partial charge in [-0.2, -0.15) is 0 Å². The summed E-state index contributed by atoms with van der Waals surface area (Å²) in [5.41, 5.74) is 2.43. The molecule has 0 aromatic heterocycles. The van der Waals surface area contributed by atoms with Gasteiger partial charge in [-0.05, 0) is 32.4 Å². The van der Waals surface area contributed by atoms with Gasteiger partial charge in [-0.1, -0.05) is 35.9 Å². The Morgan fingerprint density at radius 2 is 1.88 bits per heavy atom. The number of hydrogen-bond donors (Lipinski definition) is 3. The van der Waals surface area contributed by atoms with E-state index in [-0.39, 0.29) is 12.5 Å². The molecule has 2 saturated heterocycles. The number of carbonyl (C=O) groups is 3. The maximum absolute atomic E-state index is 13.8. The van der Waals surface area contributed by atoms with E-state index in [1.807, 2.05) is 38.1 Å². The first-order chi connectivity index (χ1) is 15.7. The van der Waals surface area contributed by atoms with Crippen LogP contribution in [0.25, 0.3) is 0 Å². The van der Waals surface area contributed by atoms with Gasteiger partial charge in [0.2, 0.25) is 17.7 Å². The van der Waals surface area contributed by atoms with Gasteiger partial charge in [-0.3, -0.25) is 24.6 Å². The average Bonchev–Trinajstić information content (AvgIpc) is 3.36. The van der Waals surface area contributed by atoms with Crippen molar-refractivity contribution in [3.63, 3.8) is 0 Å². The van der Waals surface area contributed by atoms with Crippen LogP contribution in [0, 0.1) is 25.7 Å². The van der Waals surface area contributed by atoms with Crippen LogP contribution in [0.2, 0.25) is 0 Å². The number of likely N-dealkylation sites (tertiary alicyclic amines) is 1. The van der Waals surface area contributed by atoms with E-state index in [0.29, 0.717) is 22.6 Å². The molecule has 3 heterocycles. The van der Waals surface area contributed by atoms with E-state index in [2.05, 4.69) is 10.6 Å². The standard InChI is InChI=1S/C25H27N3O5/c1-12-9-13(2)20-16(10-12)25(24(32)26-20)19-18(21(27-25)14(3)29)22(30)28(23(19)31)11-15-7-5-6-8-17(15)33-4/h5-10,14,18-19,21,27,29H,11H2,1-4H3,(H,26,32)/t14-,18+,19+,21-,25+/m1/s1. The maximum Gasteiger partial charge on any atom is 0.250 e. The molecule has 172 valence electrons. The van der Waals surface area contributed by atoms with Crippen LogP contribution < -0.4 is 15.4 Å². The van der Waals surface area contributed by atoms with E-state index >= 15 is 0 Å². The molecule has 2 fully saturated rings. The minimum Gasteiger partial charge on any atom is -0.496 e. The zero-order chi connectivity index (χ0) is 23.7. The summed E-state index contributed by atoms with van der Waals surface area (Å²) in [7, 11) is 1.54. The smallest absolute Gasteiger partial charge is 0.250 e. The van der Waals surface area contributed by atoms with Crippen LogP contribution >= 0.6 is 0 Å². The second kappa shape index (κ2) is 7.40. The van der Waals surface area contributed by atoms with Crippen molar-refractivity contribution in [2.24, 2.45) is 11.8 Å². The topological polar surface area (TPSA) is 108 Å². The Kier molecular flexibility index (Phi) is 4.84. The van der Waals surface area contributed by atoms with E-state index in [0.717, 1.165) is 11.1 Å². The predicted molar refractivity (Wildman–Crippen MR) is 120 cm³/mol. The third-order valence-electron chi connectivity index (χ3n) is 7.23. The molecule has 3 N–H and O–H groups in total. The molecular weight excluding hydrogens is 422 g/mol. The maximum atomic E-state index is 13.8. The highest BCUT2D eigenvalue weighted by Crippen LogP contribution is 2.54. The molecule has 2 aromatic rings. The number of amides is 3. The summed E-state index contributed by atoms with van der Waals surface area (Å²) in [6, 6.07) is 10.3. The van der Waals surface area contributed by atoms with Crippen molar-refractivity contribution in [2.45, 2.75) is 45.0 Å². The Bertz CT molecular complexity index is 1190. The molecule has 1 spiro atoms. The molecule has 2 aromatic carbocycles. The quantitative estimate of drug-likeness (QED) is 0.612. The molecule has 3 aliphatic heterocycles. The van der Waals surface area contributed by atoms with Gasteiger partial charge >= 0.3 is 0 Å². The van der Waals surface area contributed by atoms with Crippen LogP contribution in [-0.2, 0) is 26.5 Å². The summed E-state index contributed by atoms with van der Waals surface area (Å²) >= 11 is 0. The number of nitrogens with one attached hydrogen (secondary N) is 2. The number of aliphatic hydroxyl groups excluding tert-OH is 1. The third kappa shape index (κ3) is 2.87. The lowest BCUT2D eigenvalue weighted by molar-refractivity contribution is -0.143. The van der Waals surface area contributed by atoms with Gasteiger partial charge in [0.25, 0.3) is 0 Å². The first-order valence-corrected chi connectivity index (χ1v) is 11.1. The zero-order valence-corrected chi connectivity index (χ0v) is 19.0. The second-order valence-corrected chi connectivity index (χ2v) is 9.26. The van der Waals surface area contributed by atoms with Gasteiger partial charge in [0, 0.05) is 22.9 Å². The molecule has 0 saturated carbocycles. The number of ether oxygens (including phenoxy) is 1. The van der Waals surface area contributed by atoms with Crippen molar-refractivity contribution < 1.29 is 24.2 Å². The number of aliphatic hydroxyl groups is 1. The van der Waals surface area contributed by atoms with Gasteiger partial charge in [0.05, 0.1) is 31.6 Å². The number of anilines is 1. The fraction of sp³-hybridized carbons (Fsp3) is 0.400. The van der Waals surface area contributed by atoms with Crippen LogP contribution in [0.5, 0.6) is 5.75 Å². The molecule has 3 aliphatic rings. The number of benzene rings is 2. The van der Waals surface area contributed by atoms with Gasteiger partial charge in [0.1, 0.15) is 11.3 Å². The predicted octanol–water partition coefficient (Wildman–Crippen LogP) is 1.61. The Hall–Kier alpha value is -3.23. The van der Waals surface area contributed by atoms with E-state index in [4.69, 9.17) is 4.74 Å². The molecule has 0 unspecified atom stereocenters. The van der Waals surface area contributed by atoms with E-state index < -0.39 is 41.3 Å². The molecule has 0 bridgehead atoms. The largest absolute Gasteiger partial charge is 0.496 e. The first-order valence-electron chi connectivity index (χ1n) is 11.1. The Labute approximate surface area is 191 Å². The van der Waals surface area contributed by atoms with Crippen molar-refractivity contribution in [1.82, 2.24) is 10.2 Å². The minimum absolute atomic E-state index is 0.0403. The van der Waals surface area contributed by atoms with Crippen molar-refractivity contribution in [1.29, 1.82) is 0 Å². The molecule has 0 radical (unpaired) electrons. The highest BCUT2D eigenvalue weighted by Gasteiger charge is 2.71. The number of fused-ring (bicyclic) bond motifs is 4. The lowest BCUT2D eigenvalue weighted by Crippen LogP contribution is -2.54. The molecule has 8 heteroatoms. The van der Waals surface area contributed by atoms with Gasteiger partial charge in [-0.15, -0.1) is 0 Å². The molecule has 5 rings (SSSR count). The van der Waals surface area contributed by atoms with Gasteiger partial charge < -0.3 is 15.2 Å². The Morgan fingerprint density at radius 1 is 1.15 bits per heavy atom. The first kappa shape index (κ1) is 21.6. The molecule has 33 heavy (non-hydrogen) atoms. The SMILES string of the molecule is COc1ccccc1CN1C(=O)[C@@H]2[C@@H]([C@@H](C)O)N[C@]3(C(=O)Nc4c(C)cc(C)cc43)[C@@H]2C1=O. The fourth-order valence-corrected chi connectivity index (χ4v) is 5.82. The summed E-state index contributed by atoms with van der Waals surface area (Å²) in [5, 5.41) is 16.7. The van der Waals surface area contributed by atoms with Crippen LogP contribution in [0.15, 0.2) is 36.4 Å². The number of methoxy groups -OCH3 is 1. The average molecular weight is 450 g/mol. The molecular formula is C25H27N3O5. The summed E-state index contributed by atoms with van der Waals surface area (Å²) in [6.45, 7) is 5.44. The number of para-hydroxylation sites is 1. The van der Waals surface area contributed by atoms with Crippen LogP contribution in [0.3, 0.4) is 0 Å². The number of carbonyl (C=O) groups excluding carboxylic acids is 3. The van der Waals surface area contributed by atoms with E-state index in [1.165, 1.54) is 12.0 Å². The Balaban J connectivity index is 1.63. The van der Waals surface area contributed by atoms with Crippen molar-refractivity contribution in [3.8, 4) is 5.75 Å². The normalized spacial score (nSPS) is 28.8. The number of rotatable bonds is 4. The molecule has 8 nitrogen and oxygen atoms in total. The summed E-state index contributed by atoms with van der Waals surface area (Å²) in [6.07, 6.45) is -0.942. The summed E-state index contributed by atoms with van der Waals surface area (Å²) in [5.74, 6) is -2.42.